The maximum Gasteiger partial charge on any atom is 0.227 e. The highest BCUT2D eigenvalue weighted by molar-refractivity contribution is 5.83. The average Bonchev–Trinajstić information content (AvgIpc) is 2.80. The summed E-state index contributed by atoms with van der Waals surface area (Å²) in [7, 11) is 0. The van der Waals surface area contributed by atoms with Crippen molar-refractivity contribution in [1.29, 1.82) is 0 Å². The van der Waals surface area contributed by atoms with E-state index in [1.165, 1.54) is 0 Å². The highest BCUT2D eigenvalue weighted by Gasteiger charge is 2.16. The fraction of sp³-hybridized carbons (Fsp3) is 0.174. The van der Waals surface area contributed by atoms with Crippen LogP contribution >= 0.6 is 0 Å². The molecule has 1 saturated heterocycles. The Kier molecular flexibility index (Phi) is 4.76. The van der Waals surface area contributed by atoms with E-state index < -0.39 is 0 Å². The minimum Gasteiger partial charge on any atom is -0.340 e. The van der Waals surface area contributed by atoms with Gasteiger partial charge in [0, 0.05) is 55.1 Å². The number of fused-ring (bicyclic) bond motifs is 1. The van der Waals surface area contributed by atoms with Gasteiger partial charge >= 0.3 is 0 Å². The number of para-hydroxylation sites is 2. The molecule has 0 spiro atoms. The van der Waals surface area contributed by atoms with Crippen molar-refractivity contribution >= 4 is 28.4 Å². The maximum absolute atomic E-state index is 4.88. The van der Waals surface area contributed by atoms with E-state index in [1.807, 2.05) is 60.8 Å². The summed E-state index contributed by atoms with van der Waals surface area (Å²) in [6, 6.07) is 22.3. The fourth-order valence-electron chi connectivity index (χ4n) is 3.53. The number of hydrogen-bond acceptors (Lipinski definition) is 6. The molecule has 144 valence electrons. The lowest BCUT2D eigenvalue weighted by Gasteiger charge is -2.28. The first-order valence-corrected chi connectivity index (χ1v) is 9.87. The van der Waals surface area contributed by atoms with Crippen LogP contribution in [0, 0.1) is 0 Å². The van der Waals surface area contributed by atoms with Gasteiger partial charge < -0.3 is 15.5 Å². The summed E-state index contributed by atoms with van der Waals surface area (Å²) in [5.41, 5.74) is 3.83. The Labute approximate surface area is 169 Å². The summed E-state index contributed by atoms with van der Waals surface area (Å²) in [6.07, 6.45) is 1.89. The molecule has 0 aliphatic carbocycles. The molecule has 4 aromatic rings. The summed E-state index contributed by atoms with van der Waals surface area (Å²) in [5.74, 6) is 1.53. The highest BCUT2D eigenvalue weighted by Crippen LogP contribution is 2.26. The predicted molar refractivity (Wildman–Crippen MR) is 118 cm³/mol. The highest BCUT2D eigenvalue weighted by atomic mass is 15.3. The Morgan fingerprint density at radius 2 is 1.66 bits per heavy atom. The molecule has 0 bridgehead atoms. The van der Waals surface area contributed by atoms with E-state index in [9.17, 15) is 0 Å². The number of nitrogens with zero attached hydrogens (tertiary/aromatic N) is 4. The van der Waals surface area contributed by atoms with Crippen molar-refractivity contribution in [1.82, 2.24) is 20.3 Å². The van der Waals surface area contributed by atoms with Gasteiger partial charge in [0.2, 0.25) is 5.95 Å². The third-order valence-electron chi connectivity index (χ3n) is 5.05. The molecule has 5 rings (SSSR count). The third-order valence-corrected chi connectivity index (χ3v) is 5.05. The van der Waals surface area contributed by atoms with E-state index in [0.717, 1.165) is 65.8 Å². The number of hydrogen-bond donors (Lipinski definition) is 2. The van der Waals surface area contributed by atoms with Crippen molar-refractivity contribution in [2.75, 3.05) is 36.4 Å². The SMILES string of the molecule is c1ccc(Nc2cc(-c3cnc4ccccc4c3)nc(N3CCNCC3)n2)cc1. The molecule has 1 aliphatic heterocycles. The molecule has 2 aromatic carbocycles. The van der Waals surface area contributed by atoms with E-state index in [-0.39, 0.29) is 0 Å². The lowest BCUT2D eigenvalue weighted by molar-refractivity contribution is 0.580. The second-order valence-corrected chi connectivity index (χ2v) is 7.08. The van der Waals surface area contributed by atoms with Gasteiger partial charge in [0.1, 0.15) is 5.82 Å². The molecule has 6 nitrogen and oxygen atoms in total. The molecule has 2 aromatic heterocycles. The summed E-state index contributed by atoms with van der Waals surface area (Å²) in [6.45, 7) is 3.66. The minimum absolute atomic E-state index is 0.746. The van der Waals surface area contributed by atoms with Crippen LogP contribution in [0.4, 0.5) is 17.5 Å². The predicted octanol–water partition coefficient (Wildman–Crippen LogP) is 3.85. The molecule has 0 saturated carbocycles. The Bertz CT molecular complexity index is 1120. The molecule has 0 atom stereocenters. The molecule has 0 amide bonds. The van der Waals surface area contributed by atoms with Crippen molar-refractivity contribution in [3.05, 3.63) is 72.9 Å². The second-order valence-electron chi connectivity index (χ2n) is 7.08. The average molecular weight is 382 g/mol. The molecular weight excluding hydrogens is 360 g/mol. The summed E-state index contributed by atoms with van der Waals surface area (Å²) < 4.78 is 0. The van der Waals surface area contributed by atoms with Crippen LogP contribution in [0.15, 0.2) is 72.9 Å². The van der Waals surface area contributed by atoms with Gasteiger partial charge in [0.15, 0.2) is 0 Å². The lowest BCUT2D eigenvalue weighted by Crippen LogP contribution is -2.44. The van der Waals surface area contributed by atoms with E-state index in [1.54, 1.807) is 0 Å². The molecule has 1 fully saturated rings. The molecule has 1 aliphatic rings. The molecule has 3 heterocycles. The fourth-order valence-corrected chi connectivity index (χ4v) is 3.53. The maximum atomic E-state index is 4.88. The third kappa shape index (κ3) is 3.88. The number of pyridine rings is 1. The first kappa shape index (κ1) is 17.6. The van der Waals surface area contributed by atoms with Gasteiger partial charge in [0.05, 0.1) is 11.2 Å². The summed E-state index contributed by atoms with van der Waals surface area (Å²) >= 11 is 0. The second kappa shape index (κ2) is 7.85. The molecule has 6 heteroatoms. The van der Waals surface area contributed by atoms with Gasteiger partial charge in [0.25, 0.3) is 0 Å². The van der Waals surface area contributed by atoms with Gasteiger partial charge in [-0.15, -0.1) is 0 Å². The van der Waals surface area contributed by atoms with Crippen LogP contribution in [0.25, 0.3) is 22.2 Å². The zero-order valence-electron chi connectivity index (χ0n) is 16.0. The van der Waals surface area contributed by atoms with Crippen molar-refractivity contribution in [3.63, 3.8) is 0 Å². The number of anilines is 3. The van der Waals surface area contributed by atoms with Crippen LogP contribution in [-0.2, 0) is 0 Å². The first-order chi connectivity index (χ1) is 14.3. The zero-order valence-corrected chi connectivity index (χ0v) is 16.0. The van der Waals surface area contributed by atoms with Crippen molar-refractivity contribution < 1.29 is 0 Å². The van der Waals surface area contributed by atoms with Crippen LogP contribution in [-0.4, -0.2) is 41.1 Å². The Balaban J connectivity index is 1.57. The van der Waals surface area contributed by atoms with Gasteiger partial charge in [-0.1, -0.05) is 36.4 Å². The minimum atomic E-state index is 0.746. The number of nitrogens with one attached hydrogen (secondary N) is 2. The Morgan fingerprint density at radius 1 is 0.862 bits per heavy atom. The number of benzene rings is 2. The van der Waals surface area contributed by atoms with Crippen LogP contribution in [0.3, 0.4) is 0 Å². The zero-order chi connectivity index (χ0) is 19.5. The molecule has 0 unspecified atom stereocenters. The summed E-state index contributed by atoms with van der Waals surface area (Å²) in [4.78, 5) is 16.5. The van der Waals surface area contributed by atoms with Gasteiger partial charge in [-0.2, -0.15) is 4.98 Å². The van der Waals surface area contributed by atoms with Crippen molar-refractivity contribution in [2.45, 2.75) is 0 Å². The quantitative estimate of drug-likeness (QED) is 0.559. The lowest BCUT2D eigenvalue weighted by atomic mass is 10.1. The molecule has 2 N–H and O–H groups in total. The molecular formula is C23H22N6. The first-order valence-electron chi connectivity index (χ1n) is 9.87. The largest absolute Gasteiger partial charge is 0.340 e. The molecule has 29 heavy (non-hydrogen) atoms. The van der Waals surface area contributed by atoms with Crippen LogP contribution < -0.4 is 15.5 Å². The van der Waals surface area contributed by atoms with Gasteiger partial charge in [-0.05, 0) is 24.3 Å². The van der Waals surface area contributed by atoms with Gasteiger partial charge in [-0.3, -0.25) is 4.98 Å². The van der Waals surface area contributed by atoms with Crippen LogP contribution in [0.2, 0.25) is 0 Å². The van der Waals surface area contributed by atoms with Crippen molar-refractivity contribution in [2.24, 2.45) is 0 Å². The Hall–Kier alpha value is -3.51. The van der Waals surface area contributed by atoms with E-state index in [4.69, 9.17) is 9.97 Å². The van der Waals surface area contributed by atoms with Crippen LogP contribution in [0.1, 0.15) is 0 Å². The normalized spacial score (nSPS) is 14.1. The number of rotatable bonds is 4. The number of piperazine rings is 1. The smallest absolute Gasteiger partial charge is 0.227 e. The van der Waals surface area contributed by atoms with Gasteiger partial charge in [-0.25, -0.2) is 4.98 Å². The van der Waals surface area contributed by atoms with E-state index >= 15 is 0 Å². The van der Waals surface area contributed by atoms with Crippen LogP contribution in [0.5, 0.6) is 0 Å². The molecule has 0 radical (unpaired) electrons. The van der Waals surface area contributed by atoms with E-state index in [2.05, 4.69) is 32.7 Å². The monoisotopic (exact) mass is 382 g/mol. The van der Waals surface area contributed by atoms with E-state index in [0.29, 0.717) is 0 Å². The topological polar surface area (TPSA) is 66.0 Å². The standard InChI is InChI=1S/C23H22N6/c1-2-7-19(8-3-1)26-22-15-21(27-23(28-22)29-12-10-24-11-13-29)18-14-17-6-4-5-9-20(17)25-16-18/h1-9,14-16,24H,10-13H2,(H,26,27,28). The summed E-state index contributed by atoms with van der Waals surface area (Å²) in [5, 5.41) is 7.90. The van der Waals surface area contributed by atoms with Crippen molar-refractivity contribution in [3.8, 4) is 11.3 Å². The Morgan fingerprint density at radius 3 is 2.52 bits per heavy atom. The number of aromatic nitrogens is 3.